The lowest BCUT2D eigenvalue weighted by Gasteiger charge is -2.04. The van der Waals surface area contributed by atoms with Crippen LogP contribution in [-0.2, 0) is 9.53 Å². The van der Waals surface area contributed by atoms with Gasteiger partial charge in [0.15, 0.2) is 5.78 Å². The SMILES string of the molecule is COC(=O)CCCC(=O)c1ccc(O)cc1O. The van der Waals surface area contributed by atoms with Gasteiger partial charge in [-0.15, -0.1) is 0 Å². The summed E-state index contributed by atoms with van der Waals surface area (Å²) in [7, 11) is 1.29. The van der Waals surface area contributed by atoms with Gasteiger partial charge in [-0.25, -0.2) is 0 Å². The second-order valence-electron chi connectivity index (χ2n) is 3.55. The van der Waals surface area contributed by atoms with E-state index in [-0.39, 0.29) is 41.7 Å². The lowest BCUT2D eigenvalue weighted by atomic mass is 10.0. The van der Waals surface area contributed by atoms with Gasteiger partial charge >= 0.3 is 5.97 Å². The molecule has 0 spiro atoms. The van der Waals surface area contributed by atoms with Crippen LogP contribution in [0.4, 0.5) is 0 Å². The highest BCUT2D eigenvalue weighted by Crippen LogP contribution is 2.24. The molecule has 92 valence electrons. The van der Waals surface area contributed by atoms with Gasteiger partial charge in [-0.2, -0.15) is 0 Å². The highest BCUT2D eigenvalue weighted by molar-refractivity contribution is 5.98. The molecular formula is C12H14O5. The van der Waals surface area contributed by atoms with Crippen molar-refractivity contribution < 1.29 is 24.5 Å². The summed E-state index contributed by atoms with van der Waals surface area (Å²) in [6.45, 7) is 0. The van der Waals surface area contributed by atoms with Crippen LogP contribution in [0.5, 0.6) is 11.5 Å². The van der Waals surface area contributed by atoms with Crippen LogP contribution in [0, 0.1) is 0 Å². The summed E-state index contributed by atoms with van der Waals surface area (Å²) in [6, 6.07) is 3.78. The predicted octanol–water partition coefficient (Wildman–Crippen LogP) is 1.62. The number of ether oxygens (including phenoxy) is 1. The summed E-state index contributed by atoms with van der Waals surface area (Å²) in [5.41, 5.74) is 0.146. The Morgan fingerprint density at radius 1 is 1.24 bits per heavy atom. The highest BCUT2D eigenvalue weighted by atomic mass is 16.5. The van der Waals surface area contributed by atoms with E-state index in [9.17, 15) is 14.7 Å². The number of phenolic OH excluding ortho intramolecular Hbond substituents is 2. The first-order valence-corrected chi connectivity index (χ1v) is 5.16. The Hall–Kier alpha value is -2.04. The van der Waals surface area contributed by atoms with Gasteiger partial charge in [-0.1, -0.05) is 0 Å². The fourth-order valence-corrected chi connectivity index (χ4v) is 1.39. The van der Waals surface area contributed by atoms with Gasteiger partial charge in [0.25, 0.3) is 0 Å². The summed E-state index contributed by atoms with van der Waals surface area (Å²) < 4.78 is 4.44. The zero-order valence-corrected chi connectivity index (χ0v) is 9.47. The van der Waals surface area contributed by atoms with Crippen LogP contribution < -0.4 is 0 Å². The maximum absolute atomic E-state index is 11.7. The quantitative estimate of drug-likeness (QED) is 0.601. The third kappa shape index (κ3) is 3.79. The molecule has 0 unspecified atom stereocenters. The van der Waals surface area contributed by atoms with E-state index in [1.807, 2.05) is 0 Å². The summed E-state index contributed by atoms with van der Waals surface area (Å²) in [5.74, 6) is -0.999. The van der Waals surface area contributed by atoms with Gasteiger partial charge < -0.3 is 14.9 Å². The van der Waals surface area contributed by atoms with Crippen molar-refractivity contribution in [3.8, 4) is 11.5 Å². The van der Waals surface area contributed by atoms with E-state index in [4.69, 9.17) is 5.11 Å². The first-order valence-electron chi connectivity index (χ1n) is 5.16. The summed E-state index contributed by atoms with van der Waals surface area (Å²) in [4.78, 5) is 22.5. The molecule has 1 aromatic carbocycles. The molecule has 0 aliphatic carbocycles. The Labute approximate surface area is 98.6 Å². The van der Waals surface area contributed by atoms with Crippen molar-refractivity contribution in [1.82, 2.24) is 0 Å². The van der Waals surface area contributed by atoms with Crippen LogP contribution in [0.25, 0.3) is 0 Å². The van der Waals surface area contributed by atoms with E-state index in [1.54, 1.807) is 0 Å². The lowest BCUT2D eigenvalue weighted by molar-refractivity contribution is -0.140. The van der Waals surface area contributed by atoms with Crippen molar-refractivity contribution >= 4 is 11.8 Å². The molecule has 0 aliphatic rings. The summed E-state index contributed by atoms with van der Waals surface area (Å²) in [6.07, 6.45) is 0.681. The number of carbonyl (C=O) groups is 2. The van der Waals surface area contributed by atoms with Crippen molar-refractivity contribution in [2.24, 2.45) is 0 Å². The first-order chi connectivity index (χ1) is 8.04. The van der Waals surface area contributed by atoms with Crippen molar-refractivity contribution in [2.75, 3.05) is 7.11 Å². The molecule has 0 saturated heterocycles. The fraction of sp³-hybridized carbons (Fsp3) is 0.333. The molecule has 0 aliphatic heterocycles. The van der Waals surface area contributed by atoms with E-state index >= 15 is 0 Å². The average molecular weight is 238 g/mol. The minimum atomic E-state index is -0.368. The van der Waals surface area contributed by atoms with Gasteiger partial charge in [0, 0.05) is 18.9 Å². The Morgan fingerprint density at radius 2 is 1.94 bits per heavy atom. The molecule has 0 radical (unpaired) electrons. The molecule has 5 heteroatoms. The number of ketones is 1. The molecule has 0 heterocycles. The summed E-state index contributed by atoms with van der Waals surface area (Å²) in [5, 5.41) is 18.5. The maximum Gasteiger partial charge on any atom is 0.305 e. The van der Waals surface area contributed by atoms with E-state index in [0.717, 1.165) is 6.07 Å². The molecule has 1 aromatic rings. The van der Waals surface area contributed by atoms with E-state index in [0.29, 0.717) is 6.42 Å². The molecule has 5 nitrogen and oxygen atoms in total. The van der Waals surface area contributed by atoms with Crippen molar-refractivity contribution in [3.63, 3.8) is 0 Å². The van der Waals surface area contributed by atoms with Gasteiger partial charge in [0.1, 0.15) is 11.5 Å². The molecule has 0 atom stereocenters. The number of aromatic hydroxyl groups is 2. The number of esters is 1. The zero-order valence-electron chi connectivity index (χ0n) is 9.47. The highest BCUT2D eigenvalue weighted by Gasteiger charge is 2.12. The Bertz CT molecular complexity index is 425. The fourth-order valence-electron chi connectivity index (χ4n) is 1.39. The van der Waals surface area contributed by atoms with Crippen LogP contribution in [0.15, 0.2) is 18.2 Å². The minimum absolute atomic E-state index is 0.103. The number of hydrogen-bond acceptors (Lipinski definition) is 5. The monoisotopic (exact) mass is 238 g/mol. The van der Waals surface area contributed by atoms with Crippen molar-refractivity contribution in [3.05, 3.63) is 23.8 Å². The molecule has 0 aromatic heterocycles. The molecule has 0 fully saturated rings. The number of methoxy groups -OCH3 is 1. The first kappa shape index (κ1) is 13.0. The predicted molar refractivity (Wildman–Crippen MR) is 60.0 cm³/mol. The summed E-state index contributed by atoms with van der Waals surface area (Å²) >= 11 is 0. The molecule has 0 amide bonds. The average Bonchev–Trinajstić information content (AvgIpc) is 2.28. The molecule has 1 rings (SSSR count). The van der Waals surface area contributed by atoms with Gasteiger partial charge in [0.05, 0.1) is 12.7 Å². The smallest absolute Gasteiger partial charge is 0.305 e. The van der Waals surface area contributed by atoms with Gasteiger partial charge in [-0.3, -0.25) is 9.59 Å². The van der Waals surface area contributed by atoms with E-state index in [2.05, 4.69) is 4.74 Å². The van der Waals surface area contributed by atoms with Gasteiger partial charge in [0.2, 0.25) is 0 Å². The largest absolute Gasteiger partial charge is 0.508 e. The topological polar surface area (TPSA) is 83.8 Å². The third-order valence-electron chi connectivity index (χ3n) is 2.29. The molecule has 0 bridgehead atoms. The third-order valence-corrected chi connectivity index (χ3v) is 2.29. The van der Waals surface area contributed by atoms with Crippen LogP contribution >= 0.6 is 0 Å². The molecular weight excluding hydrogens is 224 g/mol. The number of Topliss-reactive ketones (excluding diaryl/α,β-unsaturated/α-hetero) is 1. The number of hydrogen-bond donors (Lipinski definition) is 2. The Morgan fingerprint density at radius 3 is 2.53 bits per heavy atom. The zero-order chi connectivity index (χ0) is 12.8. The molecule has 17 heavy (non-hydrogen) atoms. The normalized spacial score (nSPS) is 9.94. The number of rotatable bonds is 5. The standard InChI is InChI=1S/C12H14O5/c1-17-12(16)4-2-3-10(14)9-6-5-8(13)7-11(9)15/h5-7,13,15H,2-4H2,1H3. The Kier molecular flexibility index (Phi) is 4.51. The van der Waals surface area contributed by atoms with Crippen LogP contribution in [0.1, 0.15) is 29.6 Å². The minimum Gasteiger partial charge on any atom is -0.508 e. The van der Waals surface area contributed by atoms with Crippen LogP contribution in [0.3, 0.4) is 0 Å². The van der Waals surface area contributed by atoms with E-state index < -0.39 is 0 Å². The number of benzene rings is 1. The second kappa shape index (κ2) is 5.89. The number of carbonyl (C=O) groups excluding carboxylic acids is 2. The van der Waals surface area contributed by atoms with E-state index in [1.165, 1.54) is 19.2 Å². The molecule has 2 N–H and O–H groups in total. The Balaban J connectivity index is 2.55. The maximum atomic E-state index is 11.7. The van der Waals surface area contributed by atoms with Crippen molar-refractivity contribution in [2.45, 2.75) is 19.3 Å². The lowest BCUT2D eigenvalue weighted by Crippen LogP contribution is -2.03. The second-order valence-corrected chi connectivity index (χ2v) is 3.55. The molecule has 0 saturated carbocycles. The van der Waals surface area contributed by atoms with Gasteiger partial charge in [-0.05, 0) is 18.6 Å². The van der Waals surface area contributed by atoms with Crippen LogP contribution in [0.2, 0.25) is 0 Å². The van der Waals surface area contributed by atoms with Crippen molar-refractivity contribution in [1.29, 1.82) is 0 Å². The van der Waals surface area contributed by atoms with Crippen LogP contribution in [-0.4, -0.2) is 29.1 Å². The number of phenols is 2.